The van der Waals surface area contributed by atoms with Gasteiger partial charge < -0.3 is 25.4 Å². The third-order valence-electron chi connectivity index (χ3n) is 3.43. The molecule has 0 spiro atoms. The summed E-state index contributed by atoms with van der Waals surface area (Å²) in [6.07, 6.45) is 1.26. The van der Waals surface area contributed by atoms with Crippen LogP contribution in [0, 0.1) is 0 Å². The van der Waals surface area contributed by atoms with Gasteiger partial charge in [0.25, 0.3) is 0 Å². The Kier molecular flexibility index (Phi) is 10.8. The average molecular weight is 345 g/mol. The molecular weight excluding hydrogens is 310 g/mol. The normalized spacial score (nSPS) is 12.1. The van der Waals surface area contributed by atoms with Gasteiger partial charge in [-0.15, -0.1) is 0 Å². The molecule has 7 nitrogen and oxygen atoms in total. The lowest BCUT2D eigenvalue weighted by Crippen LogP contribution is -2.38. The van der Waals surface area contributed by atoms with Gasteiger partial charge >= 0.3 is 0 Å². The SMILES string of the molecule is CNC(C)(C)CCC(=O)NCCOCCNC(=O)COC(C)(C)C. The van der Waals surface area contributed by atoms with Crippen LogP contribution in [0.25, 0.3) is 0 Å². The van der Waals surface area contributed by atoms with Gasteiger partial charge in [-0.05, 0) is 48.1 Å². The Morgan fingerprint density at radius 3 is 1.96 bits per heavy atom. The summed E-state index contributed by atoms with van der Waals surface area (Å²) in [5, 5.41) is 8.70. The smallest absolute Gasteiger partial charge is 0.246 e. The van der Waals surface area contributed by atoms with E-state index >= 15 is 0 Å². The molecule has 3 N–H and O–H groups in total. The molecule has 0 atom stereocenters. The van der Waals surface area contributed by atoms with Crippen molar-refractivity contribution in [2.75, 3.05) is 40.0 Å². The minimum atomic E-state index is -0.325. The lowest BCUT2D eigenvalue weighted by atomic mass is 9.99. The minimum Gasteiger partial charge on any atom is -0.378 e. The summed E-state index contributed by atoms with van der Waals surface area (Å²) in [5.41, 5.74) is -0.364. The maximum atomic E-state index is 11.7. The molecule has 24 heavy (non-hydrogen) atoms. The van der Waals surface area contributed by atoms with Crippen molar-refractivity contribution < 1.29 is 19.1 Å². The molecule has 0 saturated carbocycles. The topological polar surface area (TPSA) is 88.7 Å². The monoisotopic (exact) mass is 345 g/mol. The summed E-state index contributed by atoms with van der Waals surface area (Å²) in [6.45, 7) is 11.6. The second-order valence-corrected chi connectivity index (χ2v) is 7.35. The molecule has 0 aliphatic heterocycles. The highest BCUT2D eigenvalue weighted by Gasteiger charge is 2.16. The number of carbonyl (C=O) groups is 2. The molecular formula is C17H35N3O4. The summed E-state index contributed by atoms with van der Waals surface area (Å²) in [6, 6.07) is 0. The van der Waals surface area contributed by atoms with Crippen LogP contribution in [0.1, 0.15) is 47.5 Å². The van der Waals surface area contributed by atoms with Crippen molar-refractivity contribution in [1.82, 2.24) is 16.0 Å². The predicted octanol–water partition coefficient (Wildman–Crippen LogP) is 0.829. The van der Waals surface area contributed by atoms with Crippen molar-refractivity contribution in [3.05, 3.63) is 0 Å². The maximum Gasteiger partial charge on any atom is 0.246 e. The van der Waals surface area contributed by atoms with Crippen molar-refractivity contribution in [2.24, 2.45) is 0 Å². The van der Waals surface area contributed by atoms with E-state index in [0.717, 1.165) is 6.42 Å². The van der Waals surface area contributed by atoms with Crippen molar-refractivity contribution in [3.63, 3.8) is 0 Å². The molecule has 0 saturated heterocycles. The molecule has 0 unspecified atom stereocenters. The number of amides is 2. The summed E-state index contributed by atoms with van der Waals surface area (Å²) < 4.78 is 10.7. The molecule has 2 amide bonds. The van der Waals surface area contributed by atoms with Crippen molar-refractivity contribution in [1.29, 1.82) is 0 Å². The first-order valence-corrected chi connectivity index (χ1v) is 8.50. The highest BCUT2D eigenvalue weighted by atomic mass is 16.5. The number of nitrogens with one attached hydrogen (secondary N) is 3. The van der Waals surface area contributed by atoms with Gasteiger partial charge in [-0.25, -0.2) is 0 Å². The average Bonchev–Trinajstić information content (AvgIpc) is 2.49. The van der Waals surface area contributed by atoms with Crippen LogP contribution in [-0.4, -0.2) is 62.9 Å². The minimum absolute atomic E-state index is 0.0227. The van der Waals surface area contributed by atoms with E-state index in [4.69, 9.17) is 9.47 Å². The highest BCUT2D eigenvalue weighted by Crippen LogP contribution is 2.09. The van der Waals surface area contributed by atoms with Gasteiger partial charge in [-0.3, -0.25) is 9.59 Å². The van der Waals surface area contributed by atoms with Crippen molar-refractivity contribution in [2.45, 2.75) is 58.6 Å². The van der Waals surface area contributed by atoms with E-state index in [-0.39, 0.29) is 29.6 Å². The number of hydrogen-bond donors (Lipinski definition) is 3. The number of carbonyl (C=O) groups excluding carboxylic acids is 2. The Morgan fingerprint density at radius 2 is 1.46 bits per heavy atom. The number of ether oxygens (including phenoxy) is 2. The maximum absolute atomic E-state index is 11.7. The number of rotatable bonds is 12. The van der Waals surface area contributed by atoms with Gasteiger partial charge in [-0.1, -0.05) is 0 Å². The standard InChI is InChI=1S/C17H35N3O4/c1-16(2,3)24-13-15(22)20-10-12-23-11-9-19-14(21)7-8-17(4,5)18-6/h18H,7-13H2,1-6H3,(H,19,21)(H,20,22). The van der Waals surface area contributed by atoms with Crippen molar-refractivity contribution >= 4 is 11.8 Å². The van der Waals surface area contributed by atoms with E-state index < -0.39 is 0 Å². The lowest BCUT2D eigenvalue weighted by molar-refractivity contribution is -0.130. The molecule has 0 radical (unpaired) electrons. The fourth-order valence-electron chi connectivity index (χ4n) is 1.60. The van der Waals surface area contributed by atoms with Gasteiger partial charge in [0.15, 0.2) is 0 Å². The van der Waals surface area contributed by atoms with Crippen LogP contribution in [0.4, 0.5) is 0 Å². The summed E-state index contributed by atoms with van der Waals surface area (Å²) >= 11 is 0. The van der Waals surface area contributed by atoms with Gasteiger partial charge in [0.05, 0.1) is 18.8 Å². The van der Waals surface area contributed by atoms with Crippen LogP contribution in [0.5, 0.6) is 0 Å². The largest absolute Gasteiger partial charge is 0.378 e. The molecule has 0 aromatic heterocycles. The van der Waals surface area contributed by atoms with Gasteiger partial charge in [0.1, 0.15) is 6.61 Å². The van der Waals surface area contributed by atoms with E-state index in [1.807, 2.05) is 27.8 Å². The Morgan fingerprint density at radius 1 is 0.917 bits per heavy atom. The molecule has 0 bridgehead atoms. The fraction of sp³-hybridized carbons (Fsp3) is 0.882. The molecule has 0 rings (SSSR count). The lowest BCUT2D eigenvalue weighted by Gasteiger charge is -2.23. The van der Waals surface area contributed by atoms with Gasteiger partial charge in [0.2, 0.25) is 11.8 Å². The number of hydrogen-bond acceptors (Lipinski definition) is 5. The van der Waals surface area contributed by atoms with Crippen LogP contribution < -0.4 is 16.0 Å². The molecule has 0 fully saturated rings. The van der Waals surface area contributed by atoms with E-state index in [0.29, 0.717) is 32.7 Å². The molecule has 0 heterocycles. The quantitative estimate of drug-likeness (QED) is 0.456. The van der Waals surface area contributed by atoms with E-state index in [1.165, 1.54) is 0 Å². The van der Waals surface area contributed by atoms with Gasteiger partial charge in [0, 0.05) is 25.0 Å². The predicted molar refractivity (Wildman–Crippen MR) is 94.9 cm³/mol. The first-order valence-electron chi connectivity index (χ1n) is 8.50. The van der Waals surface area contributed by atoms with Crippen LogP contribution in [-0.2, 0) is 19.1 Å². The zero-order valence-corrected chi connectivity index (χ0v) is 16.1. The Hall–Kier alpha value is -1.18. The molecule has 142 valence electrons. The van der Waals surface area contributed by atoms with Crippen LogP contribution in [0.15, 0.2) is 0 Å². The zero-order chi connectivity index (χ0) is 18.6. The van der Waals surface area contributed by atoms with E-state index in [9.17, 15) is 9.59 Å². The summed E-state index contributed by atoms with van der Waals surface area (Å²) in [4.78, 5) is 23.2. The Bertz CT molecular complexity index is 379. The second-order valence-electron chi connectivity index (χ2n) is 7.35. The molecule has 7 heteroatoms. The van der Waals surface area contributed by atoms with E-state index in [1.54, 1.807) is 0 Å². The highest BCUT2D eigenvalue weighted by molar-refractivity contribution is 5.77. The molecule has 0 aromatic rings. The van der Waals surface area contributed by atoms with Gasteiger partial charge in [-0.2, -0.15) is 0 Å². The first kappa shape index (κ1) is 22.8. The summed E-state index contributed by atoms with van der Waals surface area (Å²) in [7, 11) is 1.89. The first-order chi connectivity index (χ1) is 11.1. The molecule has 0 aromatic carbocycles. The van der Waals surface area contributed by atoms with Crippen LogP contribution in [0.3, 0.4) is 0 Å². The second kappa shape index (κ2) is 11.4. The third-order valence-corrected chi connectivity index (χ3v) is 3.43. The van der Waals surface area contributed by atoms with Crippen molar-refractivity contribution in [3.8, 4) is 0 Å². The fourth-order valence-corrected chi connectivity index (χ4v) is 1.60. The Labute approximate surface area is 146 Å². The van der Waals surface area contributed by atoms with E-state index in [2.05, 4.69) is 29.8 Å². The molecule has 0 aliphatic rings. The zero-order valence-electron chi connectivity index (χ0n) is 16.1. The van der Waals surface area contributed by atoms with Crippen LogP contribution in [0.2, 0.25) is 0 Å². The third kappa shape index (κ3) is 14.4. The summed E-state index contributed by atoms with van der Waals surface area (Å²) in [5.74, 6) is -0.136. The molecule has 0 aliphatic carbocycles. The Balaban J connectivity index is 3.51. The van der Waals surface area contributed by atoms with Crippen LogP contribution >= 0.6 is 0 Å².